The first-order valence-electron chi connectivity index (χ1n) is 9.68. The summed E-state index contributed by atoms with van der Waals surface area (Å²) >= 11 is 0. The van der Waals surface area contributed by atoms with Gasteiger partial charge < -0.3 is 19.1 Å². The van der Waals surface area contributed by atoms with Crippen LogP contribution in [0.5, 0.6) is 11.5 Å². The molecule has 4 rings (SSSR count). The largest absolute Gasteiger partial charge is 0.493 e. The molecule has 154 valence electrons. The van der Waals surface area contributed by atoms with Crippen LogP contribution in [-0.2, 0) is 16.1 Å². The van der Waals surface area contributed by atoms with Crippen molar-refractivity contribution in [2.75, 3.05) is 26.9 Å². The average molecular weight is 403 g/mol. The molecule has 2 heterocycles. The molecular weight excluding hydrogens is 380 g/mol. The van der Waals surface area contributed by atoms with Gasteiger partial charge in [0.15, 0.2) is 23.1 Å². The number of ether oxygens (including phenoxy) is 3. The van der Waals surface area contributed by atoms with E-state index in [1.54, 1.807) is 12.0 Å². The molecule has 0 aliphatic carbocycles. The van der Waals surface area contributed by atoms with Crippen molar-refractivity contribution in [3.05, 3.63) is 59.2 Å². The molecule has 0 saturated carbocycles. The number of methoxy groups -OCH3 is 1. The SMILES string of the molecule is COc1ccc(C2CC(=O)N(Cc3cccc(F)c3F)C2)cc1O[C@H]1CCOC1. The van der Waals surface area contributed by atoms with Crippen molar-refractivity contribution in [2.24, 2.45) is 0 Å². The first-order chi connectivity index (χ1) is 14.0. The number of halogens is 2. The van der Waals surface area contributed by atoms with Gasteiger partial charge in [-0.3, -0.25) is 4.79 Å². The molecule has 0 spiro atoms. The van der Waals surface area contributed by atoms with Crippen LogP contribution in [0.3, 0.4) is 0 Å². The van der Waals surface area contributed by atoms with Crippen molar-refractivity contribution in [3.63, 3.8) is 0 Å². The zero-order valence-electron chi connectivity index (χ0n) is 16.2. The number of benzene rings is 2. The minimum Gasteiger partial charge on any atom is -0.493 e. The Hall–Kier alpha value is -2.67. The summed E-state index contributed by atoms with van der Waals surface area (Å²) < 4.78 is 44.2. The summed E-state index contributed by atoms with van der Waals surface area (Å²) in [7, 11) is 1.58. The van der Waals surface area contributed by atoms with Gasteiger partial charge in [0.1, 0.15) is 6.10 Å². The number of carbonyl (C=O) groups excluding carboxylic acids is 1. The van der Waals surface area contributed by atoms with Crippen LogP contribution in [0.2, 0.25) is 0 Å². The smallest absolute Gasteiger partial charge is 0.223 e. The lowest BCUT2D eigenvalue weighted by molar-refractivity contribution is -0.128. The maximum absolute atomic E-state index is 14.0. The van der Waals surface area contributed by atoms with Gasteiger partial charge in [0.25, 0.3) is 0 Å². The molecule has 2 aliphatic rings. The van der Waals surface area contributed by atoms with Crippen LogP contribution in [-0.4, -0.2) is 43.8 Å². The predicted molar refractivity (Wildman–Crippen MR) is 102 cm³/mol. The van der Waals surface area contributed by atoms with E-state index in [1.165, 1.54) is 12.1 Å². The fourth-order valence-corrected chi connectivity index (χ4v) is 3.85. The lowest BCUT2D eigenvalue weighted by Gasteiger charge is -2.19. The van der Waals surface area contributed by atoms with Crippen LogP contribution in [0.4, 0.5) is 8.78 Å². The Kier molecular flexibility index (Phi) is 5.67. The van der Waals surface area contributed by atoms with Crippen LogP contribution in [0.15, 0.2) is 36.4 Å². The quantitative estimate of drug-likeness (QED) is 0.739. The van der Waals surface area contributed by atoms with Crippen LogP contribution < -0.4 is 9.47 Å². The lowest BCUT2D eigenvalue weighted by Crippen LogP contribution is -2.25. The maximum atomic E-state index is 14.0. The zero-order chi connectivity index (χ0) is 20.4. The summed E-state index contributed by atoms with van der Waals surface area (Å²) in [6.45, 7) is 1.71. The van der Waals surface area contributed by atoms with Crippen molar-refractivity contribution in [3.8, 4) is 11.5 Å². The fourth-order valence-electron chi connectivity index (χ4n) is 3.85. The lowest BCUT2D eigenvalue weighted by atomic mass is 9.98. The van der Waals surface area contributed by atoms with Gasteiger partial charge in [0.2, 0.25) is 5.91 Å². The second kappa shape index (κ2) is 8.37. The molecular formula is C22H23F2NO4. The van der Waals surface area contributed by atoms with E-state index in [1.807, 2.05) is 18.2 Å². The summed E-state index contributed by atoms with van der Waals surface area (Å²) in [6.07, 6.45) is 1.12. The number of likely N-dealkylation sites (tertiary alicyclic amines) is 1. The third-order valence-electron chi connectivity index (χ3n) is 5.45. The predicted octanol–water partition coefficient (Wildman–Crippen LogP) is 3.66. The number of hydrogen-bond acceptors (Lipinski definition) is 4. The van der Waals surface area contributed by atoms with Crippen LogP contribution in [0.25, 0.3) is 0 Å². The van der Waals surface area contributed by atoms with E-state index in [0.717, 1.165) is 18.1 Å². The number of nitrogens with zero attached hydrogens (tertiary/aromatic N) is 1. The Morgan fingerprint density at radius 3 is 2.83 bits per heavy atom. The molecule has 2 saturated heterocycles. The molecule has 0 bridgehead atoms. The highest BCUT2D eigenvalue weighted by Gasteiger charge is 2.32. The van der Waals surface area contributed by atoms with E-state index in [-0.39, 0.29) is 30.0 Å². The van der Waals surface area contributed by atoms with E-state index in [0.29, 0.717) is 37.7 Å². The van der Waals surface area contributed by atoms with E-state index >= 15 is 0 Å². The van der Waals surface area contributed by atoms with Gasteiger partial charge in [-0.15, -0.1) is 0 Å². The number of hydrogen-bond donors (Lipinski definition) is 0. The zero-order valence-corrected chi connectivity index (χ0v) is 16.2. The topological polar surface area (TPSA) is 48.0 Å². The number of rotatable bonds is 6. The van der Waals surface area contributed by atoms with E-state index in [4.69, 9.17) is 14.2 Å². The monoisotopic (exact) mass is 403 g/mol. The molecule has 2 fully saturated rings. The molecule has 0 N–H and O–H groups in total. The molecule has 7 heteroatoms. The van der Waals surface area contributed by atoms with Crippen molar-refractivity contribution in [1.29, 1.82) is 0 Å². The van der Waals surface area contributed by atoms with Gasteiger partial charge in [-0.2, -0.15) is 0 Å². The summed E-state index contributed by atoms with van der Waals surface area (Å²) in [5, 5.41) is 0. The van der Waals surface area contributed by atoms with Gasteiger partial charge in [-0.25, -0.2) is 8.78 Å². The molecule has 29 heavy (non-hydrogen) atoms. The third-order valence-corrected chi connectivity index (χ3v) is 5.45. The molecule has 0 radical (unpaired) electrons. The van der Waals surface area contributed by atoms with E-state index < -0.39 is 11.6 Å². The van der Waals surface area contributed by atoms with E-state index in [2.05, 4.69) is 0 Å². The second-order valence-electron chi connectivity index (χ2n) is 7.40. The summed E-state index contributed by atoms with van der Waals surface area (Å²) in [5.41, 5.74) is 1.13. The molecule has 2 aromatic carbocycles. The average Bonchev–Trinajstić information content (AvgIpc) is 3.35. The van der Waals surface area contributed by atoms with Gasteiger partial charge in [-0.1, -0.05) is 18.2 Å². The molecule has 2 aromatic rings. The van der Waals surface area contributed by atoms with Gasteiger partial charge in [-0.05, 0) is 23.8 Å². The fraction of sp³-hybridized carbons (Fsp3) is 0.409. The highest BCUT2D eigenvalue weighted by atomic mass is 19.2. The highest BCUT2D eigenvalue weighted by molar-refractivity contribution is 5.79. The number of amides is 1. The Balaban J connectivity index is 1.50. The molecule has 2 atom stereocenters. The summed E-state index contributed by atoms with van der Waals surface area (Å²) in [6, 6.07) is 9.68. The molecule has 1 unspecified atom stereocenters. The summed E-state index contributed by atoms with van der Waals surface area (Å²) in [4.78, 5) is 14.1. The van der Waals surface area contributed by atoms with Crippen LogP contribution >= 0.6 is 0 Å². The van der Waals surface area contributed by atoms with Crippen molar-refractivity contribution >= 4 is 5.91 Å². The van der Waals surface area contributed by atoms with Crippen molar-refractivity contribution < 1.29 is 27.8 Å². The van der Waals surface area contributed by atoms with E-state index in [9.17, 15) is 13.6 Å². The molecule has 0 aromatic heterocycles. The summed E-state index contributed by atoms with van der Waals surface area (Å²) in [5.74, 6) is -0.680. The minimum absolute atomic E-state index is 0.0168. The Bertz CT molecular complexity index is 898. The Labute approximate surface area is 168 Å². The van der Waals surface area contributed by atoms with Gasteiger partial charge in [0, 0.05) is 37.4 Å². The standard InChI is InChI=1S/C22H23F2NO4/c1-27-19-6-5-14(9-20(19)29-17-7-8-28-13-17)16-10-21(26)25(12-16)11-15-3-2-4-18(23)22(15)24/h2-6,9,16-17H,7-8,10-13H2,1H3/t16?,17-/m0/s1. The first-order valence-corrected chi connectivity index (χ1v) is 9.68. The van der Waals surface area contributed by atoms with Crippen LogP contribution in [0.1, 0.15) is 29.9 Å². The first kappa shape index (κ1) is 19.6. The minimum atomic E-state index is -0.904. The van der Waals surface area contributed by atoms with Crippen molar-refractivity contribution in [2.45, 2.75) is 31.4 Å². The molecule has 1 amide bonds. The third kappa shape index (κ3) is 4.19. The van der Waals surface area contributed by atoms with Gasteiger partial charge in [0.05, 0.1) is 20.3 Å². The van der Waals surface area contributed by atoms with Crippen LogP contribution in [0, 0.1) is 11.6 Å². The Morgan fingerprint density at radius 1 is 1.21 bits per heavy atom. The normalized spacial score (nSPS) is 21.6. The van der Waals surface area contributed by atoms with Gasteiger partial charge >= 0.3 is 0 Å². The second-order valence-corrected chi connectivity index (χ2v) is 7.40. The Morgan fingerprint density at radius 2 is 2.07 bits per heavy atom. The van der Waals surface area contributed by atoms with Crippen molar-refractivity contribution in [1.82, 2.24) is 4.90 Å². The molecule has 2 aliphatic heterocycles. The molecule has 5 nitrogen and oxygen atoms in total. The highest BCUT2D eigenvalue weighted by Crippen LogP contribution is 2.36. The number of carbonyl (C=O) groups is 1. The maximum Gasteiger partial charge on any atom is 0.223 e.